The Hall–Kier alpha value is -0.800. The van der Waals surface area contributed by atoms with Crippen LogP contribution in [0.25, 0.3) is 0 Å². The highest BCUT2D eigenvalue weighted by Crippen LogP contribution is 2.31. The summed E-state index contributed by atoms with van der Waals surface area (Å²) in [6.07, 6.45) is 0.723. The van der Waals surface area contributed by atoms with Crippen molar-refractivity contribution < 1.29 is 9.13 Å². The van der Waals surface area contributed by atoms with E-state index < -0.39 is 0 Å². The molecule has 0 amide bonds. The first-order chi connectivity index (χ1) is 7.10. The van der Waals surface area contributed by atoms with Crippen molar-refractivity contribution in [1.29, 1.82) is 0 Å². The number of hydrogen-bond donors (Lipinski definition) is 1. The lowest BCUT2D eigenvalue weighted by Crippen LogP contribution is -2.07. The van der Waals surface area contributed by atoms with Crippen LogP contribution in [0.4, 0.5) is 4.39 Å². The fourth-order valence-corrected chi connectivity index (χ4v) is 1.71. The number of hydrogen-bond acceptors (Lipinski definition) is 2. The van der Waals surface area contributed by atoms with Gasteiger partial charge in [0.2, 0.25) is 0 Å². The molecule has 1 rings (SSSR count). The standard InChI is InChI=1S/C11H15ClFNO/c1-7(3-4-14)9-5-8(12)6-10(15-2)11(9)13/h5-7H,3-4,14H2,1-2H3. The smallest absolute Gasteiger partial charge is 0.168 e. The van der Waals surface area contributed by atoms with Gasteiger partial charge in [0, 0.05) is 11.1 Å². The maximum atomic E-state index is 13.8. The lowest BCUT2D eigenvalue weighted by molar-refractivity contribution is 0.382. The van der Waals surface area contributed by atoms with Crippen LogP contribution in [-0.2, 0) is 0 Å². The predicted molar refractivity (Wildman–Crippen MR) is 60.0 cm³/mol. The molecule has 0 fully saturated rings. The van der Waals surface area contributed by atoms with E-state index in [-0.39, 0.29) is 17.5 Å². The molecule has 0 saturated carbocycles. The molecule has 2 nitrogen and oxygen atoms in total. The van der Waals surface area contributed by atoms with Gasteiger partial charge >= 0.3 is 0 Å². The van der Waals surface area contributed by atoms with Crippen LogP contribution in [0.5, 0.6) is 5.75 Å². The third kappa shape index (κ3) is 2.83. The molecule has 0 aliphatic carbocycles. The van der Waals surface area contributed by atoms with Gasteiger partial charge in [-0.1, -0.05) is 18.5 Å². The molecule has 84 valence electrons. The van der Waals surface area contributed by atoms with Gasteiger partial charge in [-0.05, 0) is 30.5 Å². The van der Waals surface area contributed by atoms with Crippen molar-refractivity contribution in [2.45, 2.75) is 19.3 Å². The van der Waals surface area contributed by atoms with E-state index in [4.69, 9.17) is 22.1 Å². The predicted octanol–water partition coefficient (Wildman–Crippen LogP) is 2.94. The summed E-state index contributed by atoms with van der Waals surface area (Å²) in [5.74, 6) is -0.119. The summed E-state index contributed by atoms with van der Waals surface area (Å²) in [7, 11) is 1.42. The minimum Gasteiger partial charge on any atom is -0.494 e. The molecule has 1 aromatic carbocycles. The average molecular weight is 232 g/mol. The van der Waals surface area contributed by atoms with E-state index in [0.29, 0.717) is 17.1 Å². The molecule has 1 aromatic rings. The quantitative estimate of drug-likeness (QED) is 0.865. The Morgan fingerprint density at radius 2 is 2.20 bits per heavy atom. The summed E-state index contributed by atoms with van der Waals surface area (Å²) in [5, 5.41) is 0.479. The van der Waals surface area contributed by atoms with Crippen LogP contribution in [0, 0.1) is 5.82 Å². The zero-order valence-corrected chi connectivity index (χ0v) is 9.64. The van der Waals surface area contributed by atoms with Crippen LogP contribution >= 0.6 is 11.6 Å². The monoisotopic (exact) mass is 231 g/mol. The molecule has 0 radical (unpaired) electrons. The van der Waals surface area contributed by atoms with E-state index in [2.05, 4.69) is 0 Å². The molecule has 0 aliphatic heterocycles. The van der Waals surface area contributed by atoms with E-state index in [0.717, 1.165) is 6.42 Å². The topological polar surface area (TPSA) is 35.2 Å². The summed E-state index contributed by atoms with van der Waals surface area (Å²) in [6, 6.07) is 3.09. The third-order valence-electron chi connectivity index (χ3n) is 2.38. The summed E-state index contributed by atoms with van der Waals surface area (Å²) >= 11 is 5.87. The fourth-order valence-electron chi connectivity index (χ4n) is 1.50. The Bertz CT molecular complexity index is 344. The van der Waals surface area contributed by atoms with Gasteiger partial charge in [-0.2, -0.15) is 0 Å². The summed E-state index contributed by atoms with van der Waals surface area (Å²) < 4.78 is 18.7. The first kappa shape index (κ1) is 12.3. The number of benzene rings is 1. The fraction of sp³-hybridized carbons (Fsp3) is 0.455. The van der Waals surface area contributed by atoms with E-state index in [1.165, 1.54) is 13.2 Å². The van der Waals surface area contributed by atoms with Crippen molar-refractivity contribution in [3.63, 3.8) is 0 Å². The number of halogens is 2. The molecule has 1 unspecified atom stereocenters. The van der Waals surface area contributed by atoms with Crippen LogP contribution in [0.2, 0.25) is 5.02 Å². The molecule has 4 heteroatoms. The molecule has 0 saturated heterocycles. The van der Waals surface area contributed by atoms with Crippen LogP contribution in [0.15, 0.2) is 12.1 Å². The molecule has 0 bridgehead atoms. The number of rotatable bonds is 4. The van der Waals surface area contributed by atoms with Crippen LogP contribution in [0.3, 0.4) is 0 Å². The van der Waals surface area contributed by atoms with E-state index >= 15 is 0 Å². The average Bonchev–Trinajstić information content (AvgIpc) is 2.21. The number of ether oxygens (including phenoxy) is 1. The third-order valence-corrected chi connectivity index (χ3v) is 2.60. The Kier molecular flexibility index (Phi) is 4.36. The maximum Gasteiger partial charge on any atom is 0.168 e. The Morgan fingerprint density at radius 3 is 2.73 bits per heavy atom. The largest absolute Gasteiger partial charge is 0.494 e. The van der Waals surface area contributed by atoms with Crippen molar-refractivity contribution >= 4 is 11.6 Å². The zero-order chi connectivity index (χ0) is 11.4. The molecule has 0 aliphatic rings. The van der Waals surface area contributed by atoms with Gasteiger partial charge in [0.05, 0.1) is 7.11 Å². The highest BCUT2D eigenvalue weighted by Gasteiger charge is 2.15. The van der Waals surface area contributed by atoms with Gasteiger partial charge in [0.25, 0.3) is 0 Å². The highest BCUT2D eigenvalue weighted by atomic mass is 35.5. The van der Waals surface area contributed by atoms with Crippen molar-refractivity contribution in [3.05, 3.63) is 28.5 Å². The van der Waals surface area contributed by atoms with Gasteiger partial charge in [-0.15, -0.1) is 0 Å². The van der Waals surface area contributed by atoms with E-state index in [1.54, 1.807) is 6.07 Å². The minimum absolute atomic E-state index is 0.0441. The molecule has 15 heavy (non-hydrogen) atoms. The van der Waals surface area contributed by atoms with Crippen LogP contribution in [0.1, 0.15) is 24.8 Å². The van der Waals surface area contributed by atoms with E-state index in [1.807, 2.05) is 6.92 Å². The van der Waals surface area contributed by atoms with Crippen molar-refractivity contribution in [2.24, 2.45) is 5.73 Å². The van der Waals surface area contributed by atoms with Crippen molar-refractivity contribution in [2.75, 3.05) is 13.7 Å². The van der Waals surface area contributed by atoms with Crippen molar-refractivity contribution in [1.82, 2.24) is 0 Å². The summed E-state index contributed by atoms with van der Waals surface area (Å²) in [6.45, 7) is 2.44. The second kappa shape index (κ2) is 5.33. The number of nitrogens with two attached hydrogens (primary N) is 1. The Morgan fingerprint density at radius 1 is 1.53 bits per heavy atom. The first-order valence-electron chi connectivity index (χ1n) is 4.83. The van der Waals surface area contributed by atoms with Gasteiger partial charge < -0.3 is 10.5 Å². The second-order valence-electron chi connectivity index (χ2n) is 3.49. The lowest BCUT2D eigenvalue weighted by Gasteiger charge is -2.14. The lowest BCUT2D eigenvalue weighted by atomic mass is 9.97. The van der Waals surface area contributed by atoms with Gasteiger partial charge in [-0.25, -0.2) is 4.39 Å². The van der Waals surface area contributed by atoms with Gasteiger partial charge in [0.15, 0.2) is 11.6 Å². The highest BCUT2D eigenvalue weighted by molar-refractivity contribution is 6.30. The SMILES string of the molecule is COc1cc(Cl)cc(C(C)CCN)c1F. The molecule has 0 heterocycles. The zero-order valence-electron chi connectivity index (χ0n) is 8.89. The molecule has 0 spiro atoms. The van der Waals surface area contributed by atoms with Crippen molar-refractivity contribution in [3.8, 4) is 5.75 Å². The Labute approximate surface area is 94.2 Å². The molecular formula is C11H15ClFNO. The second-order valence-corrected chi connectivity index (χ2v) is 3.93. The molecular weight excluding hydrogens is 217 g/mol. The maximum absolute atomic E-state index is 13.8. The summed E-state index contributed by atoms with van der Waals surface area (Å²) in [5.41, 5.74) is 6.00. The van der Waals surface area contributed by atoms with Gasteiger partial charge in [0.1, 0.15) is 0 Å². The van der Waals surface area contributed by atoms with Gasteiger partial charge in [-0.3, -0.25) is 0 Å². The minimum atomic E-state index is -0.345. The molecule has 2 N–H and O–H groups in total. The van der Waals surface area contributed by atoms with Crippen LogP contribution < -0.4 is 10.5 Å². The molecule has 0 aromatic heterocycles. The normalized spacial score (nSPS) is 12.6. The van der Waals surface area contributed by atoms with E-state index in [9.17, 15) is 4.39 Å². The summed E-state index contributed by atoms with van der Waals surface area (Å²) in [4.78, 5) is 0. The first-order valence-corrected chi connectivity index (χ1v) is 5.21. The number of methoxy groups -OCH3 is 1. The Balaban J connectivity index is 3.11. The van der Waals surface area contributed by atoms with Crippen LogP contribution in [-0.4, -0.2) is 13.7 Å². The molecule has 1 atom stereocenters.